The van der Waals surface area contributed by atoms with E-state index in [1.165, 1.54) is 0 Å². The van der Waals surface area contributed by atoms with E-state index < -0.39 is 11.8 Å². The molecule has 0 radical (unpaired) electrons. The van der Waals surface area contributed by atoms with E-state index >= 15 is 0 Å². The molecule has 0 aromatic carbocycles. The Kier molecular flexibility index (Phi) is 3.12. The van der Waals surface area contributed by atoms with Crippen molar-refractivity contribution in [3.8, 4) is 0 Å². The van der Waals surface area contributed by atoms with Gasteiger partial charge in [0.1, 0.15) is 6.10 Å². The summed E-state index contributed by atoms with van der Waals surface area (Å²) >= 11 is 0. The minimum absolute atomic E-state index is 0.189. The van der Waals surface area contributed by atoms with Gasteiger partial charge in [0.15, 0.2) is 11.8 Å². The summed E-state index contributed by atoms with van der Waals surface area (Å²) in [5.41, 5.74) is -1.15. The molecule has 2 N–H and O–H groups in total. The fourth-order valence-electron chi connectivity index (χ4n) is 1.97. The third-order valence-corrected chi connectivity index (χ3v) is 2.93. The molecule has 0 aromatic rings. The van der Waals surface area contributed by atoms with E-state index in [-0.39, 0.29) is 12.0 Å². The van der Waals surface area contributed by atoms with Crippen molar-refractivity contribution >= 4 is 5.91 Å². The normalized spacial score (nSPS) is 37.0. The first kappa shape index (κ1) is 11.4. The van der Waals surface area contributed by atoms with Gasteiger partial charge in [0.05, 0.1) is 0 Å². The number of nitrogens with one attached hydrogen (secondary N) is 1. The molecule has 0 bridgehead atoms. The number of hydrogen-bond acceptors (Lipinski definition) is 3. The number of carbonyl (C=O) groups excluding carboxylic acids is 1. The highest BCUT2D eigenvalue weighted by atomic mass is 16.6. The Morgan fingerprint density at radius 3 is 2.88 bits per heavy atom. The van der Waals surface area contributed by atoms with Crippen LogP contribution in [0.5, 0.6) is 0 Å². The smallest absolute Gasteiger partial charge is 0.254 e. The topological polar surface area (TPSA) is 61.9 Å². The van der Waals surface area contributed by atoms with Gasteiger partial charge in [0.25, 0.3) is 5.91 Å². The summed E-state index contributed by atoms with van der Waals surface area (Å²) in [5.74, 6) is -0.189. The average molecular weight is 223 g/mol. The van der Waals surface area contributed by atoms with Crippen molar-refractivity contribution in [1.29, 1.82) is 0 Å². The third kappa shape index (κ3) is 2.18. The maximum absolute atomic E-state index is 11.2. The second kappa shape index (κ2) is 4.39. The van der Waals surface area contributed by atoms with Crippen molar-refractivity contribution in [3.05, 3.63) is 24.3 Å². The van der Waals surface area contributed by atoms with Crippen LogP contribution >= 0.6 is 0 Å². The molecule has 0 aliphatic carbocycles. The molecular weight excluding hydrogens is 206 g/mol. The predicted molar refractivity (Wildman–Crippen MR) is 59.6 cm³/mol. The lowest BCUT2D eigenvalue weighted by Gasteiger charge is -2.22. The first-order valence-corrected chi connectivity index (χ1v) is 5.63. The molecule has 2 rings (SSSR count). The number of rotatable bonds is 5. The Balaban J connectivity index is 1.74. The number of amides is 1. The summed E-state index contributed by atoms with van der Waals surface area (Å²) in [7, 11) is 0. The Bertz CT molecular complexity index is 337. The van der Waals surface area contributed by atoms with Crippen LogP contribution in [-0.2, 0) is 9.53 Å². The zero-order chi connectivity index (χ0) is 11.6. The van der Waals surface area contributed by atoms with Crippen molar-refractivity contribution < 1.29 is 14.6 Å². The summed E-state index contributed by atoms with van der Waals surface area (Å²) in [4.78, 5) is 11.2. The standard InChI is InChI=1S/C12H17NO3/c1-2-3-4-5-6-7-8-12(15)10-9(16-10)11(14)13-12/h2-3,5-6,9-10,15H,4,7-8H2,1H3,(H,13,14). The Morgan fingerprint density at radius 2 is 2.31 bits per heavy atom. The van der Waals surface area contributed by atoms with Gasteiger partial charge in [0.2, 0.25) is 0 Å². The molecule has 3 unspecified atom stereocenters. The summed E-state index contributed by atoms with van der Waals surface area (Å²) in [6.07, 6.45) is 9.53. The maximum atomic E-state index is 11.2. The molecule has 2 fully saturated rings. The number of aliphatic hydroxyl groups is 1. The van der Waals surface area contributed by atoms with E-state index in [0.29, 0.717) is 6.42 Å². The summed E-state index contributed by atoms with van der Waals surface area (Å²) in [6.45, 7) is 1.98. The largest absolute Gasteiger partial charge is 0.368 e. The summed E-state index contributed by atoms with van der Waals surface area (Å²) in [6, 6.07) is 0. The van der Waals surface area contributed by atoms with E-state index in [2.05, 4.69) is 11.4 Å². The van der Waals surface area contributed by atoms with Crippen LogP contribution in [0.4, 0.5) is 0 Å². The molecule has 2 heterocycles. The zero-order valence-corrected chi connectivity index (χ0v) is 9.35. The predicted octanol–water partition coefficient (Wildman–Crippen LogP) is 0.875. The van der Waals surface area contributed by atoms with Crippen molar-refractivity contribution in [2.24, 2.45) is 0 Å². The minimum atomic E-state index is -1.15. The van der Waals surface area contributed by atoms with Gasteiger partial charge in [0, 0.05) is 6.42 Å². The van der Waals surface area contributed by atoms with Gasteiger partial charge in [-0.05, 0) is 19.8 Å². The number of ether oxygens (including phenoxy) is 1. The minimum Gasteiger partial charge on any atom is -0.368 e. The SMILES string of the molecule is CC=CCC=CCCC1(O)NC(=O)C2OC21. The lowest BCUT2D eigenvalue weighted by molar-refractivity contribution is -0.129. The molecule has 4 nitrogen and oxygen atoms in total. The van der Waals surface area contributed by atoms with Crippen molar-refractivity contribution in [2.75, 3.05) is 0 Å². The molecule has 0 saturated carbocycles. The van der Waals surface area contributed by atoms with Crippen molar-refractivity contribution in [3.63, 3.8) is 0 Å². The summed E-state index contributed by atoms with van der Waals surface area (Å²) in [5, 5.41) is 12.6. The van der Waals surface area contributed by atoms with Gasteiger partial charge in [-0.25, -0.2) is 0 Å². The Labute approximate surface area is 95.0 Å². The maximum Gasteiger partial charge on any atom is 0.254 e. The highest BCUT2D eigenvalue weighted by Gasteiger charge is 2.64. The van der Waals surface area contributed by atoms with E-state index in [9.17, 15) is 9.90 Å². The van der Waals surface area contributed by atoms with Crippen LogP contribution in [0.1, 0.15) is 26.2 Å². The fraction of sp³-hybridized carbons (Fsp3) is 0.583. The van der Waals surface area contributed by atoms with Gasteiger partial charge in [-0.15, -0.1) is 0 Å². The van der Waals surface area contributed by atoms with Crippen LogP contribution in [0.25, 0.3) is 0 Å². The number of allylic oxidation sites excluding steroid dienone is 4. The second-order valence-electron chi connectivity index (χ2n) is 4.21. The van der Waals surface area contributed by atoms with Gasteiger partial charge in [-0.3, -0.25) is 4.79 Å². The van der Waals surface area contributed by atoms with Crippen LogP contribution in [0.15, 0.2) is 24.3 Å². The first-order chi connectivity index (χ1) is 7.67. The van der Waals surface area contributed by atoms with E-state index in [4.69, 9.17) is 4.74 Å². The van der Waals surface area contributed by atoms with Gasteiger partial charge >= 0.3 is 0 Å². The number of hydrogen-bond donors (Lipinski definition) is 2. The quantitative estimate of drug-likeness (QED) is 0.537. The summed E-state index contributed by atoms with van der Waals surface area (Å²) < 4.78 is 5.08. The molecule has 88 valence electrons. The van der Waals surface area contributed by atoms with Crippen molar-refractivity contribution in [2.45, 2.75) is 44.1 Å². The van der Waals surface area contributed by atoms with Crippen molar-refractivity contribution in [1.82, 2.24) is 5.32 Å². The fourth-order valence-corrected chi connectivity index (χ4v) is 1.97. The first-order valence-electron chi connectivity index (χ1n) is 5.63. The number of fused-ring (bicyclic) bond motifs is 1. The molecule has 3 atom stereocenters. The molecular formula is C12H17NO3. The highest BCUT2D eigenvalue weighted by molar-refractivity contribution is 5.88. The lowest BCUT2D eigenvalue weighted by atomic mass is 10.0. The number of morpholine rings is 1. The molecule has 2 aliphatic heterocycles. The van der Waals surface area contributed by atoms with Crippen LogP contribution in [0.3, 0.4) is 0 Å². The number of carbonyl (C=O) groups is 1. The van der Waals surface area contributed by atoms with Crippen LogP contribution in [0, 0.1) is 0 Å². The Morgan fingerprint density at radius 1 is 1.50 bits per heavy atom. The second-order valence-corrected chi connectivity index (χ2v) is 4.21. The zero-order valence-electron chi connectivity index (χ0n) is 9.35. The molecule has 1 amide bonds. The molecule has 0 aromatic heterocycles. The Hall–Kier alpha value is -1.13. The molecule has 4 heteroatoms. The highest BCUT2D eigenvalue weighted by Crippen LogP contribution is 2.39. The lowest BCUT2D eigenvalue weighted by Crippen LogP contribution is -2.47. The van der Waals surface area contributed by atoms with Crippen LogP contribution in [0.2, 0.25) is 0 Å². The molecule has 2 saturated heterocycles. The number of epoxide rings is 1. The van der Waals surface area contributed by atoms with E-state index in [0.717, 1.165) is 12.8 Å². The average Bonchev–Trinajstić information content (AvgIpc) is 2.99. The molecule has 0 spiro atoms. The van der Waals surface area contributed by atoms with Gasteiger partial charge in [-0.2, -0.15) is 0 Å². The van der Waals surface area contributed by atoms with E-state index in [1.807, 2.05) is 25.2 Å². The monoisotopic (exact) mass is 223 g/mol. The van der Waals surface area contributed by atoms with Crippen LogP contribution in [-0.4, -0.2) is 28.9 Å². The molecule has 2 aliphatic rings. The third-order valence-electron chi connectivity index (χ3n) is 2.93. The molecule has 16 heavy (non-hydrogen) atoms. The van der Waals surface area contributed by atoms with Gasteiger partial charge < -0.3 is 15.2 Å². The van der Waals surface area contributed by atoms with E-state index in [1.54, 1.807) is 0 Å². The van der Waals surface area contributed by atoms with Crippen LogP contribution < -0.4 is 5.32 Å². The van der Waals surface area contributed by atoms with Gasteiger partial charge in [-0.1, -0.05) is 24.3 Å².